The molecule has 0 aromatic rings. The molecule has 0 saturated carbocycles. The van der Waals surface area contributed by atoms with Crippen molar-refractivity contribution < 1.29 is 61.3 Å². The monoisotopic (exact) mass is 153 g/mol. The van der Waals surface area contributed by atoms with Crippen LogP contribution in [0.25, 0.3) is 0 Å². The van der Waals surface area contributed by atoms with Gasteiger partial charge in [-0.25, -0.2) is 0 Å². The Labute approximate surface area is 96.9 Å². The quantitative estimate of drug-likeness (QED) is 0.419. The first kappa shape index (κ1) is 12.3. The summed E-state index contributed by atoms with van der Waals surface area (Å²) < 4.78 is 0. The summed E-state index contributed by atoms with van der Waals surface area (Å²) in [4.78, 5) is 9.69. The summed E-state index contributed by atoms with van der Waals surface area (Å²) >= 11 is 0. The second-order valence-corrected chi connectivity index (χ2v) is 1.51. The van der Waals surface area contributed by atoms with Gasteiger partial charge in [0.15, 0.2) is 0 Å². The number of carbonyl (C=O) groups is 1. The molecule has 3 nitrogen and oxygen atoms in total. The zero-order valence-corrected chi connectivity index (χ0v) is 8.85. The average Bonchev–Trinajstić information content (AvgIpc) is 1.61. The number of allylic oxidation sites excluding steroid dienone is 1. The van der Waals surface area contributed by atoms with Crippen molar-refractivity contribution in [3.63, 3.8) is 0 Å². The van der Waals surface area contributed by atoms with Gasteiger partial charge in [-0.1, -0.05) is 6.58 Å². The molecule has 0 saturated heterocycles. The van der Waals surface area contributed by atoms with Crippen LogP contribution in [0.5, 0.6) is 0 Å². The van der Waals surface area contributed by atoms with Gasteiger partial charge in [0, 0.05) is 5.70 Å². The molecule has 4 heteroatoms. The first-order valence-corrected chi connectivity index (χ1v) is 2.22. The van der Waals surface area contributed by atoms with E-state index in [9.17, 15) is 9.90 Å². The average molecular weight is 153 g/mol. The summed E-state index contributed by atoms with van der Waals surface area (Å²) in [6, 6.07) is 0. The maximum Gasteiger partial charge on any atom is 1.00 e. The van der Waals surface area contributed by atoms with Crippen molar-refractivity contribution in [3.05, 3.63) is 12.3 Å². The Morgan fingerprint density at radius 3 is 2.33 bits per heavy atom. The fourth-order valence-electron chi connectivity index (χ4n) is 0.223. The van der Waals surface area contributed by atoms with Gasteiger partial charge in [-0.2, -0.15) is 0 Å². The molecular weight excluding hydrogens is 145 g/mol. The fraction of sp³-hybridized carbons (Fsp3) is 0.400. The Morgan fingerprint density at radius 2 is 2.22 bits per heavy atom. The van der Waals surface area contributed by atoms with Gasteiger partial charge in [0.05, 0.1) is 12.5 Å². The maximum absolute atomic E-state index is 9.69. The van der Waals surface area contributed by atoms with Crippen LogP contribution in [-0.2, 0) is 4.79 Å². The van der Waals surface area contributed by atoms with Crippen molar-refractivity contribution in [2.45, 2.75) is 6.92 Å². The molecule has 0 rings (SSSR count). The van der Waals surface area contributed by atoms with Crippen LogP contribution in [0.4, 0.5) is 0 Å². The van der Waals surface area contributed by atoms with E-state index in [0.29, 0.717) is 5.70 Å². The topological polar surface area (TPSA) is 52.2 Å². The summed E-state index contributed by atoms with van der Waals surface area (Å²) in [6.07, 6.45) is 0. The molecule has 0 heterocycles. The number of carboxylic acids is 1. The van der Waals surface area contributed by atoms with E-state index in [1.54, 1.807) is 6.92 Å². The number of rotatable bonds is 3. The molecule has 0 aromatic heterocycles. The normalized spacial score (nSPS) is 7.22. The molecule has 0 aliphatic rings. The molecule has 0 fully saturated rings. The number of hydrogen-bond acceptors (Lipinski definition) is 3. The van der Waals surface area contributed by atoms with Crippen LogP contribution in [0.2, 0.25) is 0 Å². The van der Waals surface area contributed by atoms with Crippen LogP contribution in [-0.4, -0.2) is 12.5 Å². The van der Waals surface area contributed by atoms with E-state index in [0.717, 1.165) is 0 Å². The van der Waals surface area contributed by atoms with Gasteiger partial charge in [-0.3, -0.25) is 0 Å². The van der Waals surface area contributed by atoms with Crippen molar-refractivity contribution in [2.24, 2.45) is 0 Å². The second kappa shape index (κ2) is 6.76. The van der Waals surface area contributed by atoms with E-state index >= 15 is 0 Å². The number of nitrogens with one attached hydrogen (secondary N) is 1. The molecule has 0 bridgehead atoms. The zero-order chi connectivity index (χ0) is 6.57. The van der Waals surface area contributed by atoms with E-state index in [2.05, 4.69) is 11.9 Å². The Bertz CT molecular complexity index is 99.5. The summed E-state index contributed by atoms with van der Waals surface area (Å²) in [5, 5.41) is 12.2. The molecule has 0 aromatic carbocycles. The molecule has 0 aliphatic heterocycles. The van der Waals surface area contributed by atoms with Gasteiger partial charge in [0.1, 0.15) is 0 Å². The Morgan fingerprint density at radius 1 is 1.78 bits per heavy atom. The Kier molecular flexibility index (Phi) is 9.27. The smallest absolute Gasteiger partial charge is 0.548 e. The number of aliphatic carboxylic acids is 1. The minimum Gasteiger partial charge on any atom is -0.548 e. The SMILES string of the molecule is C=C(C)NCC(=O)[O-].[K+]. The summed E-state index contributed by atoms with van der Waals surface area (Å²) in [7, 11) is 0. The van der Waals surface area contributed by atoms with Crippen LogP contribution >= 0.6 is 0 Å². The first-order valence-electron chi connectivity index (χ1n) is 2.22. The molecule has 46 valence electrons. The number of carbonyl (C=O) groups excluding carboxylic acids is 1. The van der Waals surface area contributed by atoms with Crippen molar-refractivity contribution in [1.82, 2.24) is 5.32 Å². The van der Waals surface area contributed by atoms with E-state index in [-0.39, 0.29) is 57.9 Å². The van der Waals surface area contributed by atoms with Crippen molar-refractivity contribution in [1.29, 1.82) is 0 Å². The van der Waals surface area contributed by atoms with Crippen molar-refractivity contribution >= 4 is 5.97 Å². The van der Waals surface area contributed by atoms with Crippen LogP contribution in [0, 0.1) is 0 Å². The van der Waals surface area contributed by atoms with E-state index in [4.69, 9.17) is 0 Å². The Balaban J connectivity index is 0. The molecule has 0 aliphatic carbocycles. The van der Waals surface area contributed by atoms with Crippen LogP contribution < -0.4 is 61.8 Å². The van der Waals surface area contributed by atoms with Gasteiger partial charge in [0.2, 0.25) is 0 Å². The second-order valence-electron chi connectivity index (χ2n) is 1.51. The molecule has 0 atom stereocenters. The molecule has 0 amide bonds. The van der Waals surface area contributed by atoms with Gasteiger partial charge < -0.3 is 15.2 Å². The Hall–Kier alpha value is 0.646. The molecule has 9 heavy (non-hydrogen) atoms. The van der Waals surface area contributed by atoms with Crippen LogP contribution in [0.3, 0.4) is 0 Å². The van der Waals surface area contributed by atoms with Gasteiger partial charge in [-0.05, 0) is 6.92 Å². The summed E-state index contributed by atoms with van der Waals surface area (Å²) in [5.74, 6) is -1.12. The fourth-order valence-corrected chi connectivity index (χ4v) is 0.223. The molecule has 0 unspecified atom stereocenters. The minimum atomic E-state index is -1.12. The molecule has 0 spiro atoms. The summed E-state index contributed by atoms with van der Waals surface area (Å²) in [5.41, 5.74) is 0.634. The van der Waals surface area contributed by atoms with Crippen molar-refractivity contribution in [2.75, 3.05) is 6.54 Å². The van der Waals surface area contributed by atoms with Gasteiger partial charge in [0.25, 0.3) is 0 Å². The van der Waals surface area contributed by atoms with E-state index in [1.807, 2.05) is 0 Å². The third-order valence-electron chi connectivity index (χ3n) is 0.535. The van der Waals surface area contributed by atoms with Gasteiger partial charge >= 0.3 is 51.4 Å². The molecular formula is C5H8KNO2. The number of hydrogen-bond donors (Lipinski definition) is 1. The van der Waals surface area contributed by atoms with Crippen LogP contribution in [0.15, 0.2) is 12.3 Å². The third-order valence-corrected chi connectivity index (χ3v) is 0.535. The van der Waals surface area contributed by atoms with Gasteiger partial charge in [-0.15, -0.1) is 0 Å². The predicted molar refractivity (Wildman–Crippen MR) is 27.8 cm³/mol. The maximum atomic E-state index is 9.69. The predicted octanol–water partition coefficient (Wildman–Crippen LogP) is -4.14. The van der Waals surface area contributed by atoms with Crippen LogP contribution in [0.1, 0.15) is 6.92 Å². The third kappa shape index (κ3) is 12.0. The molecule has 0 radical (unpaired) electrons. The summed E-state index contributed by atoms with van der Waals surface area (Å²) in [6.45, 7) is 4.95. The molecule has 1 N–H and O–H groups in total. The van der Waals surface area contributed by atoms with E-state index < -0.39 is 5.97 Å². The zero-order valence-electron chi connectivity index (χ0n) is 5.73. The van der Waals surface area contributed by atoms with Crippen molar-refractivity contribution in [3.8, 4) is 0 Å². The number of carboxylic acid groups (broad SMARTS) is 1. The standard InChI is InChI=1S/C5H9NO2.K/c1-4(2)6-3-5(7)8;/h6H,1,3H2,2H3,(H,7,8);/q;+1/p-1. The largest absolute Gasteiger partial charge is 1.00 e. The minimum absolute atomic E-state index is 0. The van der Waals surface area contributed by atoms with E-state index in [1.165, 1.54) is 0 Å². The first-order chi connectivity index (χ1) is 3.63.